The average molecular weight is 314 g/mol. The van der Waals surface area contributed by atoms with Crippen LogP contribution in [0.5, 0.6) is 0 Å². The second kappa shape index (κ2) is 6.39. The lowest BCUT2D eigenvalue weighted by molar-refractivity contribution is 0.0463. The van der Waals surface area contributed by atoms with Crippen molar-refractivity contribution >= 4 is 5.97 Å². The quantitative estimate of drug-likeness (QED) is 0.692. The minimum Gasteiger partial charge on any atom is -0.456 e. The second-order valence-electron chi connectivity index (χ2n) is 4.83. The number of esters is 1. The predicted molar refractivity (Wildman–Crippen MR) is 79.0 cm³/mol. The highest BCUT2D eigenvalue weighted by Gasteiger charge is 2.15. The SMILES string of the molecule is O=C(OCc1cccc(F)c1)c1cncn1-c1ccc(F)cc1. The van der Waals surface area contributed by atoms with Gasteiger partial charge in [-0.1, -0.05) is 12.1 Å². The summed E-state index contributed by atoms with van der Waals surface area (Å²) < 4.78 is 32.7. The molecule has 0 aliphatic rings. The molecule has 0 fully saturated rings. The lowest BCUT2D eigenvalue weighted by Gasteiger charge is -2.08. The molecule has 116 valence electrons. The zero-order valence-corrected chi connectivity index (χ0v) is 11.9. The second-order valence-corrected chi connectivity index (χ2v) is 4.83. The van der Waals surface area contributed by atoms with Gasteiger partial charge in [0.2, 0.25) is 0 Å². The molecule has 0 saturated carbocycles. The molecule has 23 heavy (non-hydrogen) atoms. The van der Waals surface area contributed by atoms with Gasteiger partial charge < -0.3 is 4.74 Å². The Bertz CT molecular complexity index is 829. The van der Waals surface area contributed by atoms with Crippen molar-refractivity contribution in [3.05, 3.63) is 83.9 Å². The van der Waals surface area contributed by atoms with Gasteiger partial charge in [0, 0.05) is 5.69 Å². The molecule has 0 atom stereocenters. The van der Waals surface area contributed by atoms with E-state index in [1.54, 1.807) is 12.1 Å². The fourth-order valence-corrected chi connectivity index (χ4v) is 2.10. The standard InChI is InChI=1S/C17H12F2N2O2/c18-13-4-6-15(7-5-13)21-11-20-9-16(21)17(22)23-10-12-2-1-3-14(19)8-12/h1-9,11H,10H2. The third kappa shape index (κ3) is 3.42. The molecule has 3 rings (SSSR count). The Morgan fingerprint density at radius 2 is 1.87 bits per heavy atom. The van der Waals surface area contributed by atoms with Crippen molar-refractivity contribution in [3.63, 3.8) is 0 Å². The molecule has 0 radical (unpaired) electrons. The third-order valence-corrected chi connectivity index (χ3v) is 3.21. The molecular weight excluding hydrogens is 302 g/mol. The molecule has 0 N–H and O–H groups in total. The van der Waals surface area contributed by atoms with Gasteiger partial charge in [-0.25, -0.2) is 18.6 Å². The molecule has 1 aromatic heterocycles. The molecular formula is C17H12F2N2O2. The van der Waals surface area contributed by atoms with E-state index in [-0.39, 0.29) is 18.1 Å². The smallest absolute Gasteiger partial charge is 0.357 e. The maximum Gasteiger partial charge on any atom is 0.357 e. The summed E-state index contributed by atoms with van der Waals surface area (Å²) in [7, 11) is 0. The molecule has 4 nitrogen and oxygen atoms in total. The molecule has 0 saturated heterocycles. The zero-order chi connectivity index (χ0) is 16.2. The fourth-order valence-electron chi connectivity index (χ4n) is 2.10. The van der Waals surface area contributed by atoms with Gasteiger partial charge in [0.25, 0.3) is 0 Å². The summed E-state index contributed by atoms with van der Waals surface area (Å²) in [4.78, 5) is 16.1. The van der Waals surface area contributed by atoms with E-state index in [1.165, 1.54) is 53.5 Å². The molecule has 0 spiro atoms. The summed E-state index contributed by atoms with van der Waals surface area (Å²) in [5.74, 6) is -1.37. The molecule has 6 heteroatoms. The van der Waals surface area contributed by atoms with Gasteiger partial charge in [-0.3, -0.25) is 4.57 Å². The minimum atomic E-state index is -0.601. The number of hydrogen-bond donors (Lipinski definition) is 0. The number of benzene rings is 2. The molecule has 0 aliphatic heterocycles. The lowest BCUT2D eigenvalue weighted by Crippen LogP contribution is -2.10. The van der Waals surface area contributed by atoms with E-state index < -0.39 is 11.8 Å². The normalized spacial score (nSPS) is 10.5. The minimum absolute atomic E-state index is 0.0504. The average Bonchev–Trinajstić information content (AvgIpc) is 3.03. The highest BCUT2D eigenvalue weighted by molar-refractivity contribution is 5.88. The van der Waals surface area contributed by atoms with Crippen molar-refractivity contribution in [2.45, 2.75) is 6.61 Å². The van der Waals surface area contributed by atoms with Gasteiger partial charge >= 0.3 is 5.97 Å². The first kappa shape index (κ1) is 14.9. The summed E-state index contributed by atoms with van der Waals surface area (Å²) in [6, 6.07) is 11.4. The van der Waals surface area contributed by atoms with E-state index in [4.69, 9.17) is 4.74 Å². The van der Waals surface area contributed by atoms with Crippen LogP contribution in [-0.4, -0.2) is 15.5 Å². The van der Waals surface area contributed by atoms with E-state index >= 15 is 0 Å². The van der Waals surface area contributed by atoms with E-state index in [0.29, 0.717) is 11.3 Å². The van der Waals surface area contributed by atoms with Gasteiger partial charge in [0.15, 0.2) is 5.69 Å². The topological polar surface area (TPSA) is 44.1 Å². The van der Waals surface area contributed by atoms with Crippen molar-refractivity contribution in [3.8, 4) is 5.69 Å². The van der Waals surface area contributed by atoms with E-state index in [2.05, 4.69) is 4.98 Å². The van der Waals surface area contributed by atoms with Gasteiger partial charge in [0.05, 0.1) is 12.5 Å². The number of halogens is 2. The van der Waals surface area contributed by atoms with Crippen LogP contribution in [0.4, 0.5) is 8.78 Å². The fraction of sp³-hybridized carbons (Fsp3) is 0.0588. The highest BCUT2D eigenvalue weighted by atomic mass is 19.1. The Balaban J connectivity index is 1.76. The van der Waals surface area contributed by atoms with Crippen LogP contribution >= 0.6 is 0 Å². The Morgan fingerprint density at radius 3 is 2.61 bits per heavy atom. The van der Waals surface area contributed by atoms with Crippen molar-refractivity contribution in [1.29, 1.82) is 0 Å². The highest BCUT2D eigenvalue weighted by Crippen LogP contribution is 2.14. The maximum absolute atomic E-state index is 13.1. The molecule has 0 unspecified atom stereocenters. The van der Waals surface area contributed by atoms with Crippen molar-refractivity contribution in [2.24, 2.45) is 0 Å². The molecule has 0 bridgehead atoms. The Kier molecular flexibility index (Phi) is 4.14. The largest absolute Gasteiger partial charge is 0.456 e. The van der Waals surface area contributed by atoms with Crippen LogP contribution in [0.1, 0.15) is 16.1 Å². The molecule has 2 aromatic carbocycles. The maximum atomic E-state index is 13.1. The van der Waals surface area contributed by atoms with Crippen LogP contribution in [0.25, 0.3) is 5.69 Å². The van der Waals surface area contributed by atoms with Gasteiger partial charge in [0.1, 0.15) is 18.2 Å². The number of carbonyl (C=O) groups excluding carboxylic acids is 1. The number of nitrogens with zero attached hydrogens (tertiary/aromatic N) is 2. The predicted octanol–water partition coefficient (Wildman–Crippen LogP) is 3.51. The van der Waals surface area contributed by atoms with Crippen LogP contribution in [0.3, 0.4) is 0 Å². The van der Waals surface area contributed by atoms with E-state index in [1.807, 2.05) is 0 Å². The number of rotatable bonds is 4. The summed E-state index contributed by atoms with van der Waals surface area (Å²) >= 11 is 0. The summed E-state index contributed by atoms with van der Waals surface area (Å²) in [5, 5.41) is 0. The number of ether oxygens (including phenoxy) is 1. The van der Waals surface area contributed by atoms with Gasteiger partial charge in [-0.2, -0.15) is 0 Å². The summed E-state index contributed by atoms with van der Waals surface area (Å²) in [6.07, 6.45) is 2.79. The van der Waals surface area contributed by atoms with Crippen LogP contribution < -0.4 is 0 Å². The van der Waals surface area contributed by atoms with Gasteiger partial charge in [-0.15, -0.1) is 0 Å². The van der Waals surface area contributed by atoms with Crippen LogP contribution in [0.15, 0.2) is 61.1 Å². The Morgan fingerprint density at radius 1 is 1.09 bits per heavy atom. The molecule has 0 aliphatic carbocycles. The number of hydrogen-bond acceptors (Lipinski definition) is 3. The van der Waals surface area contributed by atoms with Crippen molar-refractivity contribution in [2.75, 3.05) is 0 Å². The van der Waals surface area contributed by atoms with Crippen LogP contribution in [0, 0.1) is 11.6 Å². The Hall–Kier alpha value is -3.02. The van der Waals surface area contributed by atoms with E-state index in [9.17, 15) is 13.6 Å². The first-order valence-corrected chi connectivity index (χ1v) is 6.83. The monoisotopic (exact) mass is 314 g/mol. The zero-order valence-electron chi connectivity index (χ0n) is 11.9. The molecule has 1 heterocycles. The van der Waals surface area contributed by atoms with Gasteiger partial charge in [-0.05, 0) is 42.0 Å². The summed E-state index contributed by atoms with van der Waals surface area (Å²) in [6.45, 7) is -0.0504. The van der Waals surface area contributed by atoms with Crippen LogP contribution in [0.2, 0.25) is 0 Å². The first-order valence-electron chi connectivity index (χ1n) is 6.83. The van der Waals surface area contributed by atoms with E-state index in [0.717, 1.165) is 0 Å². The number of aromatic nitrogens is 2. The first-order chi connectivity index (χ1) is 11.1. The summed E-state index contributed by atoms with van der Waals surface area (Å²) in [5.41, 5.74) is 1.33. The number of imidazole rings is 1. The third-order valence-electron chi connectivity index (χ3n) is 3.21. The van der Waals surface area contributed by atoms with Crippen molar-refractivity contribution < 1.29 is 18.3 Å². The molecule has 3 aromatic rings. The molecule has 0 amide bonds. The van der Waals surface area contributed by atoms with Crippen molar-refractivity contribution in [1.82, 2.24) is 9.55 Å². The Labute approximate surface area is 131 Å². The van der Waals surface area contributed by atoms with Crippen LogP contribution in [-0.2, 0) is 11.3 Å². The lowest BCUT2D eigenvalue weighted by atomic mass is 10.2. The number of carbonyl (C=O) groups is 1.